The van der Waals surface area contributed by atoms with Gasteiger partial charge in [0.05, 0.1) is 37.7 Å². The molecule has 0 saturated carbocycles. The van der Waals surface area contributed by atoms with Crippen molar-refractivity contribution in [3.05, 3.63) is 24.2 Å². The number of esters is 1. The van der Waals surface area contributed by atoms with Crippen molar-refractivity contribution in [3.8, 4) is 5.88 Å². The van der Waals surface area contributed by atoms with Gasteiger partial charge in [-0.1, -0.05) is 6.08 Å². The molecule has 0 aromatic carbocycles. The van der Waals surface area contributed by atoms with E-state index < -0.39 is 0 Å². The SMILES string of the molecule is CCOC(=O)C1CC=C(c2cncc(OC)n2)CC1. The number of hydrogen-bond donors (Lipinski definition) is 0. The Hall–Kier alpha value is -1.91. The number of carbonyl (C=O) groups is 1. The number of nitrogens with zero attached hydrogens (tertiary/aromatic N) is 2. The number of methoxy groups -OCH3 is 1. The highest BCUT2D eigenvalue weighted by molar-refractivity contribution is 5.75. The molecule has 1 aromatic heterocycles. The number of rotatable bonds is 4. The summed E-state index contributed by atoms with van der Waals surface area (Å²) in [5, 5.41) is 0. The Morgan fingerprint density at radius 1 is 1.47 bits per heavy atom. The molecule has 1 aromatic rings. The van der Waals surface area contributed by atoms with E-state index >= 15 is 0 Å². The Balaban J connectivity index is 2.05. The first-order valence-electron chi connectivity index (χ1n) is 6.46. The molecule has 0 spiro atoms. The van der Waals surface area contributed by atoms with E-state index in [1.54, 1.807) is 19.5 Å². The fraction of sp³-hybridized carbons (Fsp3) is 0.500. The Morgan fingerprint density at radius 2 is 2.32 bits per heavy atom. The van der Waals surface area contributed by atoms with Crippen LogP contribution in [0.1, 0.15) is 31.9 Å². The van der Waals surface area contributed by atoms with E-state index in [-0.39, 0.29) is 11.9 Å². The van der Waals surface area contributed by atoms with E-state index in [1.165, 1.54) is 0 Å². The first-order valence-corrected chi connectivity index (χ1v) is 6.46. The zero-order valence-corrected chi connectivity index (χ0v) is 11.3. The molecule has 5 nitrogen and oxygen atoms in total. The minimum atomic E-state index is -0.102. The Bertz CT molecular complexity index is 485. The summed E-state index contributed by atoms with van der Waals surface area (Å²) in [6.45, 7) is 2.26. The molecular weight excluding hydrogens is 244 g/mol. The minimum Gasteiger partial charge on any atom is -0.480 e. The third-order valence-corrected chi connectivity index (χ3v) is 3.18. The zero-order chi connectivity index (χ0) is 13.7. The van der Waals surface area contributed by atoms with E-state index in [4.69, 9.17) is 9.47 Å². The van der Waals surface area contributed by atoms with Gasteiger partial charge >= 0.3 is 5.97 Å². The summed E-state index contributed by atoms with van der Waals surface area (Å²) in [5.74, 6) is 0.378. The van der Waals surface area contributed by atoms with Gasteiger partial charge in [-0.25, -0.2) is 4.98 Å². The molecule has 1 atom stereocenters. The van der Waals surface area contributed by atoms with Crippen LogP contribution in [0.5, 0.6) is 5.88 Å². The van der Waals surface area contributed by atoms with Crippen molar-refractivity contribution in [2.24, 2.45) is 5.92 Å². The van der Waals surface area contributed by atoms with Crippen LogP contribution in [-0.2, 0) is 9.53 Å². The fourth-order valence-corrected chi connectivity index (χ4v) is 2.14. The lowest BCUT2D eigenvalue weighted by atomic mass is 9.88. The van der Waals surface area contributed by atoms with Gasteiger partial charge in [-0.2, -0.15) is 0 Å². The zero-order valence-electron chi connectivity index (χ0n) is 11.3. The molecule has 102 valence electrons. The standard InChI is InChI=1S/C14H18N2O3/c1-3-19-14(17)11-6-4-10(5-7-11)12-8-15-9-13(16-12)18-2/h4,8-9,11H,3,5-7H2,1-2H3. The number of carbonyl (C=O) groups excluding carboxylic acids is 1. The minimum absolute atomic E-state index is 0.0257. The van der Waals surface area contributed by atoms with Crippen LogP contribution in [0.15, 0.2) is 18.5 Å². The lowest BCUT2D eigenvalue weighted by Crippen LogP contribution is -2.19. The van der Waals surface area contributed by atoms with Crippen molar-refractivity contribution in [3.63, 3.8) is 0 Å². The average molecular weight is 262 g/mol. The number of ether oxygens (including phenoxy) is 2. The molecule has 19 heavy (non-hydrogen) atoms. The van der Waals surface area contributed by atoms with Crippen molar-refractivity contribution in [1.29, 1.82) is 0 Å². The molecule has 5 heteroatoms. The summed E-state index contributed by atoms with van der Waals surface area (Å²) >= 11 is 0. The summed E-state index contributed by atoms with van der Waals surface area (Å²) in [5.41, 5.74) is 1.94. The maximum Gasteiger partial charge on any atom is 0.309 e. The Morgan fingerprint density at radius 3 is 2.95 bits per heavy atom. The summed E-state index contributed by atoms with van der Waals surface area (Å²) < 4.78 is 10.1. The van der Waals surface area contributed by atoms with Crippen LogP contribution < -0.4 is 4.74 Å². The molecule has 0 N–H and O–H groups in total. The van der Waals surface area contributed by atoms with E-state index in [9.17, 15) is 4.79 Å². The van der Waals surface area contributed by atoms with Gasteiger partial charge < -0.3 is 9.47 Å². The van der Waals surface area contributed by atoms with Crippen LogP contribution >= 0.6 is 0 Å². The quantitative estimate of drug-likeness (QED) is 0.779. The Kier molecular flexibility index (Phi) is 4.49. The third-order valence-electron chi connectivity index (χ3n) is 3.18. The molecule has 1 aliphatic rings. The second-order valence-electron chi connectivity index (χ2n) is 4.40. The first kappa shape index (κ1) is 13.5. The maximum absolute atomic E-state index is 11.6. The van der Waals surface area contributed by atoms with Gasteiger partial charge in [0, 0.05) is 0 Å². The summed E-state index contributed by atoms with van der Waals surface area (Å²) in [4.78, 5) is 20.1. The molecular formula is C14H18N2O3. The van der Waals surface area contributed by atoms with Gasteiger partial charge in [0.1, 0.15) is 0 Å². The van der Waals surface area contributed by atoms with Crippen LogP contribution in [0.3, 0.4) is 0 Å². The number of hydrogen-bond acceptors (Lipinski definition) is 5. The molecule has 1 aliphatic carbocycles. The molecule has 1 heterocycles. The smallest absolute Gasteiger partial charge is 0.309 e. The van der Waals surface area contributed by atoms with Crippen LogP contribution in [0, 0.1) is 5.92 Å². The van der Waals surface area contributed by atoms with Gasteiger partial charge in [0.2, 0.25) is 5.88 Å². The molecule has 0 bridgehead atoms. The predicted molar refractivity (Wildman–Crippen MR) is 70.5 cm³/mol. The second kappa shape index (κ2) is 6.31. The average Bonchev–Trinajstić information content (AvgIpc) is 2.48. The number of allylic oxidation sites excluding steroid dienone is 2. The van der Waals surface area contributed by atoms with Crippen LogP contribution in [0.25, 0.3) is 5.57 Å². The van der Waals surface area contributed by atoms with E-state index in [0.29, 0.717) is 18.9 Å². The van der Waals surface area contributed by atoms with Crippen LogP contribution in [0.2, 0.25) is 0 Å². The van der Waals surface area contributed by atoms with Crippen LogP contribution in [-0.4, -0.2) is 29.7 Å². The largest absolute Gasteiger partial charge is 0.480 e. The molecule has 0 amide bonds. The normalized spacial score (nSPS) is 18.6. The van der Waals surface area contributed by atoms with E-state index in [0.717, 1.165) is 24.1 Å². The van der Waals surface area contributed by atoms with Gasteiger partial charge in [-0.05, 0) is 31.8 Å². The fourth-order valence-electron chi connectivity index (χ4n) is 2.14. The first-order chi connectivity index (χ1) is 9.24. The topological polar surface area (TPSA) is 61.3 Å². The lowest BCUT2D eigenvalue weighted by Gasteiger charge is -2.20. The van der Waals surface area contributed by atoms with E-state index in [2.05, 4.69) is 16.0 Å². The molecule has 0 radical (unpaired) electrons. The third kappa shape index (κ3) is 3.30. The lowest BCUT2D eigenvalue weighted by molar-refractivity contribution is -0.148. The van der Waals surface area contributed by atoms with Crippen molar-refractivity contribution in [2.45, 2.75) is 26.2 Å². The molecule has 1 unspecified atom stereocenters. The van der Waals surface area contributed by atoms with Crippen molar-refractivity contribution >= 4 is 11.5 Å². The number of aromatic nitrogens is 2. The van der Waals surface area contributed by atoms with Crippen molar-refractivity contribution in [1.82, 2.24) is 9.97 Å². The van der Waals surface area contributed by atoms with Gasteiger partial charge in [0.25, 0.3) is 0 Å². The van der Waals surface area contributed by atoms with Crippen LogP contribution in [0.4, 0.5) is 0 Å². The second-order valence-corrected chi connectivity index (χ2v) is 4.40. The molecule has 0 aliphatic heterocycles. The van der Waals surface area contributed by atoms with Gasteiger partial charge in [0.15, 0.2) is 0 Å². The summed E-state index contributed by atoms with van der Waals surface area (Å²) in [6.07, 6.45) is 7.66. The van der Waals surface area contributed by atoms with Gasteiger partial charge in [-0.15, -0.1) is 0 Å². The Labute approximate surface area is 112 Å². The van der Waals surface area contributed by atoms with Crippen molar-refractivity contribution in [2.75, 3.05) is 13.7 Å². The highest BCUT2D eigenvalue weighted by Gasteiger charge is 2.23. The van der Waals surface area contributed by atoms with E-state index in [1.807, 2.05) is 6.92 Å². The molecule has 2 rings (SSSR count). The predicted octanol–water partition coefficient (Wildman–Crippen LogP) is 2.23. The molecule has 0 saturated heterocycles. The van der Waals surface area contributed by atoms with Crippen molar-refractivity contribution < 1.29 is 14.3 Å². The summed E-state index contributed by atoms with van der Waals surface area (Å²) in [7, 11) is 1.57. The highest BCUT2D eigenvalue weighted by Crippen LogP contribution is 2.30. The molecule has 0 fully saturated rings. The maximum atomic E-state index is 11.6. The summed E-state index contributed by atoms with van der Waals surface area (Å²) in [6, 6.07) is 0. The monoisotopic (exact) mass is 262 g/mol. The van der Waals surface area contributed by atoms with Gasteiger partial charge in [-0.3, -0.25) is 9.78 Å². The highest BCUT2D eigenvalue weighted by atomic mass is 16.5.